The van der Waals surface area contributed by atoms with E-state index in [1.54, 1.807) is 0 Å². The molecule has 2 nitrogen and oxygen atoms in total. The van der Waals surface area contributed by atoms with Gasteiger partial charge in [-0.3, -0.25) is 0 Å². The zero-order chi connectivity index (χ0) is 16.0. The molecule has 1 aromatic carbocycles. The van der Waals surface area contributed by atoms with Crippen LogP contribution in [0, 0.1) is 5.92 Å². The Balaban J connectivity index is 2.75. The second-order valence-electron chi connectivity index (χ2n) is 6.77. The van der Waals surface area contributed by atoms with E-state index >= 15 is 0 Å². The first kappa shape index (κ1) is 18.6. The number of benzene rings is 1. The summed E-state index contributed by atoms with van der Waals surface area (Å²) in [4.78, 5) is 0. The van der Waals surface area contributed by atoms with E-state index in [-0.39, 0.29) is 4.75 Å². The fourth-order valence-electron chi connectivity index (χ4n) is 2.28. The van der Waals surface area contributed by atoms with Crippen LogP contribution in [0.15, 0.2) is 24.3 Å². The first-order chi connectivity index (χ1) is 9.71. The third kappa shape index (κ3) is 6.88. The Labute approximate surface area is 140 Å². The van der Waals surface area contributed by atoms with Crippen molar-refractivity contribution in [2.24, 2.45) is 5.92 Å². The van der Waals surface area contributed by atoms with Crippen LogP contribution in [-0.4, -0.2) is 23.1 Å². The Hall–Kier alpha value is -0.480. The van der Waals surface area contributed by atoms with Gasteiger partial charge >= 0.3 is 0 Å². The maximum Gasteiger partial charge on any atom is 0.0699 e. The SMILES string of the molecule is CC(C)CN(S)c1ccccc1NCC(C)(C)SC(C)C. The average Bonchev–Trinajstić information content (AvgIpc) is 2.34. The quantitative estimate of drug-likeness (QED) is 0.629. The molecule has 0 aromatic heterocycles. The van der Waals surface area contributed by atoms with E-state index in [1.807, 2.05) is 16.1 Å². The molecule has 0 saturated heterocycles. The van der Waals surface area contributed by atoms with Gasteiger partial charge in [-0.25, -0.2) is 0 Å². The first-order valence-electron chi connectivity index (χ1n) is 7.68. The first-order valence-corrected chi connectivity index (χ1v) is 8.96. The Morgan fingerprint density at radius 1 is 1.19 bits per heavy atom. The van der Waals surface area contributed by atoms with Gasteiger partial charge in [0, 0.05) is 17.8 Å². The van der Waals surface area contributed by atoms with Gasteiger partial charge in [-0.2, -0.15) is 11.8 Å². The van der Waals surface area contributed by atoms with E-state index in [0.29, 0.717) is 11.2 Å². The van der Waals surface area contributed by atoms with Crippen molar-refractivity contribution >= 4 is 36.0 Å². The highest BCUT2D eigenvalue weighted by Gasteiger charge is 2.20. The Morgan fingerprint density at radius 2 is 1.81 bits per heavy atom. The molecule has 0 aliphatic heterocycles. The van der Waals surface area contributed by atoms with Crippen LogP contribution in [0.3, 0.4) is 0 Å². The molecular formula is C17H30N2S2. The third-order valence-corrected chi connectivity index (χ3v) is 4.61. The van der Waals surface area contributed by atoms with E-state index in [9.17, 15) is 0 Å². The molecule has 0 amide bonds. The number of anilines is 2. The molecule has 0 spiro atoms. The second-order valence-corrected chi connectivity index (χ2v) is 9.54. The van der Waals surface area contributed by atoms with Crippen molar-refractivity contribution in [3.63, 3.8) is 0 Å². The molecule has 0 saturated carbocycles. The Bertz CT molecular complexity index is 431. The third-order valence-electron chi connectivity index (χ3n) is 2.98. The number of thioether (sulfide) groups is 1. The second kappa shape index (κ2) is 8.23. The van der Waals surface area contributed by atoms with Crippen molar-refractivity contribution in [2.45, 2.75) is 51.5 Å². The van der Waals surface area contributed by atoms with Crippen LogP contribution in [0.1, 0.15) is 41.5 Å². The maximum absolute atomic E-state index is 4.64. The smallest absolute Gasteiger partial charge is 0.0699 e. The van der Waals surface area contributed by atoms with Gasteiger partial charge in [0.2, 0.25) is 0 Å². The predicted octanol–water partition coefficient (Wildman–Crippen LogP) is 5.33. The summed E-state index contributed by atoms with van der Waals surface area (Å²) in [5.74, 6) is 0.587. The summed E-state index contributed by atoms with van der Waals surface area (Å²) in [6.07, 6.45) is 0. The van der Waals surface area contributed by atoms with Gasteiger partial charge in [-0.05, 0) is 37.1 Å². The standard InChI is InChI=1S/C17H30N2S2/c1-13(2)11-19(20)16-10-8-7-9-15(16)18-12-17(5,6)21-14(3)4/h7-10,13-14,18,20H,11-12H2,1-6H3. The zero-order valence-corrected chi connectivity index (χ0v) is 15.9. The number of thiol groups is 1. The van der Waals surface area contributed by atoms with Crippen LogP contribution < -0.4 is 9.62 Å². The highest BCUT2D eigenvalue weighted by Crippen LogP contribution is 2.32. The Morgan fingerprint density at radius 3 is 2.38 bits per heavy atom. The maximum atomic E-state index is 4.64. The predicted molar refractivity (Wildman–Crippen MR) is 103 cm³/mol. The van der Waals surface area contributed by atoms with E-state index < -0.39 is 0 Å². The zero-order valence-electron chi connectivity index (χ0n) is 14.2. The van der Waals surface area contributed by atoms with E-state index in [1.165, 1.54) is 0 Å². The number of hydrogen-bond donors (Lipinski definition) is 2. The normalized spacial score (nSPS) is 12.0. The van der Waals surface area contributed by atoms with Crippen molar-refractivity contribution in [1.29, 1.82) is 0 Å². The highest BCUT2D eigenvalue weighted by molar-refractivity contribution is 8.01. The molecule has 1 aromatic rings. The number of hydrogen-bond acceptors (Lipinski definition) is 4. The van der Waals surface area contributed by atoms with Gasteiger partial charge in [0.1, 0.15) is 0 Å². The minimum absolute atomic E-state index is 0.209. The molecule has 0 fully saturated rings. The van der Waals surface area contributed by atoms with Crippen LogP contribution in [0.25, 0.3) is 0 Å². The van der Waals surface area contributed by atoms with Gasteiger partial charge in [0.15, 0.2) is 0 Å². The van der Waals surface area contributed by atoms with E-state index in [2.05, 4.69) is 83.9 Å². The fourth-order valence-corrected chi connectivity index (χ4v) is 4.21. The van der Waals surface area contributed by atoms with Crippen molar-refractivity contribution in [1.82, 2.24) is 0 Å². The van der Waals surface area contributed by atoms with E-state index in [4.69, 9.17) is 0 Å². The van der Waals surface area contributed by atoms with Crippen LogP contribution in [0.4, 0.5) is 11.4 Å². The lowest BCUT2D eigenvalue weighted by Gasteiger charge is -2.29. The molecule has 1 rings (SSSR count). The summed E-state index contributed by atoms with van der Waals surface area (Å²) in [6, 6.07) is 8.40. The number of para-hydroxylation sites is 2. The monoisotopic (exact) mass is 326 g/mol. The van der Waals surface area contributed by atoms with Gasteiger partial charge in [-0.1, -0.05) is 52.6 Å². The fraction of sp³-hybridized carbons (Fsp3) is 0.647. The molecule has 0 radical (unpaired) electrons. The summed E-state index contributed by atoms with van der Waals surface area (Å²) in [5, 5.41) is 4.24. The van der Waals surface area contributed by atoms with Crippen LogP contribution in [0.2, 0.25) is 0 Å². The molecule has 21 heavy (non-hydrogen) atoms. The largest absolute Gasteiger partial charge is 0.382 e. The summed E-state index contributed by atoms with van der Waals surface area (Å²) < 4.78 is 2.25. The lowest BCUT2D eigenvalue weighted by atomic mass is 10.2. The van der Waals surface area contributed by atoms with Crippen molar-refractivity contribution in [3.05, 3.63) is 24.3 Å². The topological polar surface area (TPSA) is 15.3 Å². The summed E-state index contributed by atoms with van der Waals surface area (Å²) in [5.41, 5.74) is 2.31. The summed E-state index contributed by atoms with van der Waals surface area (Å²) in [7, 11) is 0. The van der Waals surface area contributed by atoms with Crippen LogP contribution in [-0.2, 0) is 0 Å². The summed E-state index contributed by atoms with van der Waals surface area (Å²) in [6.45, 7) is 15.4. The van der Waals surface area contributed by atoms with Crippen LogP contribution in [0.5, 0.6) is 0 Å². The van der Waals surface area contributed by atoms with Gasteiger partial charge in [0.25, 0.3) is 0 Å². The number of rotatable bonds is 8. The average molecular weight is 327 g/mol. The lowest BCUT2D eigenvalue weighted by Crippen LogP contribution is -2.28. The van der Waals surface area contributed by atoms with Crippen molar-refractivity contribution < 1.29 is 0 Å². The molecule has 1 N–H and O–H groups in total. The molecule has 4 heteroatoms. The number of nitrogens with one attached hydrogen (secondary N) is 1. The number of nitrogens with zero attached hydrogens (tertiary/aromatic N) is 1. The van der Waals surface area contributed by atoms with Gasteiger partial charge in [-0.15, -0.1) is 0 Å². The molecule has 0 bridgehead atoms. The van der Waals surface area contributed by atoms with E-state index in [0.717, 1.165) is 24.5 Å². The van der Waals surface area contributed by atoms with Crippen LogP contribution >= 0.6 is 24.6 Å². The van der Waals surface area contributed by atoms with Gasteiger partial charge in [0.05, 0.1) is 11.4 Å². The molecule has 0 aliphatic carbocycles. The molecular weight excluding hydrogens is 296 g/mol. The minimum Gasteiger partial charge on any atom is -0.382 e. The molecule has 0 heterocycles. The Kier molecular flexibility index (Phi) is 7.28. The summed E-state index contributed by atoms with van der Waals surface area (Å²) >= 11 is 6.64. The van der Waals surface area contributed by atoms with Gasteiger partial charge < -0.3 is 9.62 Å². The minimum atomic E-state index is 0.209. The molecule has 0 atom stereocenters. The van der Waals surface area contributed by atoms with Crippen molar-refractivity contribution in [2.75, 3.05) is 22.7 Å². The van der Waals surface area contributed by atoms with Crippen molar-refractivity contribution in [3.8, 4) is 0 Å². The molecule has 0 unspecified atom stereocenters. The highest BCUT2D eigenvalue weighted by atomic mass is 32.2. The lowest BCUT2D eigenvalue weighted by molar-refractivity contribution is 0.669. The molecule has 120 valence electrons. The molecule has 0 aliphatic rings.